The van der Waals surface area contributed by atoms with Crippen molar-refractivity contribution in [1.29, 1.82) is 0 Å². The summed E-state index contributed by atoms with van der Waals surface area (Å²) in [5.41, 5.74) is -0.453. The molecule has 0 amide bonds. The van der Waals surface area contributed by atoms with Crippen LogP contribution in [0.15, 0.2) is 11.6 Å². The molecule has 3 nitrogen and oxygen atoms in total. The molecule has 1 N–H and O–H groups in total. The Morgan fingerprint density at radius 1 is 1.16 bits per heavy atom. The molecular weight excluding hydrogens is 328 g/mol. The maximum Gasteiger partial charge on any atom is 0.190 e. The lowest BCUT2D eigenvalue weighted by Gasteiger charge is -2.52. The molecule has 3 fully saturated rings. The summed E-state index contributed by atoms with van der Waals surface area (Å²) in [7, 11) is -1.83. The Hall–Kier alpha value is -0.453. The maximum absolute atomic E-state index is 12.9. The average molecular weight is 363 g/mol. The van der Waals surface area contributed by atoms with Gasteiger partial charge in [-0.2, -0.15) is 0 Å². The number of Topliss-reactive ketones (excluding diaryl/α,β-unsaturated/α-hetero) is 1. The molecule has 4 aliphatic carbocycles. The molecule has 0 aliphatic heterocycles. The molecule has 0 unspecified atom stereocenters. The fourth-order valence-electron chi connectivity index (χ4n) is 6.93. The molecule has 25 heavy (non-hydrogen) atoms. The number of fused-ring (bicyclic) bond motifs is 5. The number of carbonyl (C=O) groups is 1. The van der Waals surface area contributed by atoms with Gasteiger partial charge in [0.15, 0.2) is 14.1 Å². The molecule has 0 radical (unpaired) electrons. The first kappa shape index (κ1) is 17.9. The van der Waals surface area contributed by atoms with Gasteiger partial charge in [-0.1, -0.05) is 19.9 Å². The summed E-state index contributed by atoms with van der Waals surface area (Å²) >= 11 is 0. The third-order valence-electron chi connectivity index (χ3n) is 7.82. The summed E-state index contributed by atoms with van der Waals surface area (Å²) in [6.45, 7) is 13.4. The highest BCUT2D eigenvalue weighted by molar-refractivity contribution is 6.69. The quantitative estimate of drug-likeness (QED) is 0.744. The molecule has 0 spiro atoms. The number of hydrogen-bond donors (Lipinski definition) is 1. The van der Waals surface area contributed by atoms with Gasteiger partial charge >= 0.3 is 0 Å². The minimum atomic E-state index is -1.83. The summed E-state index contributed by atoms with van der Waals surface area (Å²) in [5.74, 6) is 1.74. The molecule has 0 aromatic carbocycles. The highest BCUT2D eigenvalue weighted by Crippen LogP contribution is 2.73. The Morgan fingerprint density at radius 2 is 1.84 bits per heavy atom. The van der Waals surface area contributed by atoms with Crippen molar-refractivity contribution in [3.8, 4) is 0 Å². The maximum atomic E-state index is 12.9. The van der Waals surface area contributed by atoms with E-state index in [1.807, 2.05) is 6.92 Å². The van der Waals surface area contributed by atoms with Gasteiger partial charge in [-0.3, -0.25) is 4.79 Å². The van der Waals surface area contributed by atoms with Crippen molar-refractivity contribution in [2.75, 3.05) is 0 Å². The van der Waals surface area contributed by atoms with E-state index in [2.05, 4.69) is 39.6 Å². The van der Waals surface area contributed by atoms with Gasteiger partial charge in [-0.15, -0.1) is 0 Å². The Labute approximate surface area is 153 Å². The van der Waals surface area contributed by atoms with Crippen LogP contribution >= 0.6 is 0 Å². The summed E-state index contributed by atoms with van der Waals surface area (Å²) in [5, 5.41) is 11.5. The van der Waals surface area contributed by atoms with Gasteiger partial charge in [0.2, 0.25) is 0 Å². The van der Waals surface area contributed by atoms with Crippen LogP contribution < -0.4 is 0 Å². The average Bonchev–Trinajstić information content (AvgIpc) is 2.99. The lowest BCUT2D eigenvalue weighted by atomic mass is 9.65. The van der Waals surface area contributed by atoms with Crippen LogP contribution in [0.1, 0.15) is 52.9 Å². The van der Waals surface area contributed by atoms with E-state index < -0.39 is 13.9 Å². The summed E-state index contributed by atoms with van der Waals surface area (Å²) in [4.78, 5) is 12.9. The van der Waals surface area contributed by atoms with E-state index >= 15 is 0 Å². The molecule has 4 heteroatoms. The normalized spacial score (nSPS) is 48.1. The second-order valence-electron chi connectivity index (χ2n) is 10.7. The van der Waals surface area contributed by atoms with E-state index in [1.54, 1.807) is 0 Å². The zero-order chi connectivity index (χ0) is 18.4. The Balaban J connectivity index is 1.85. The predicted octanol–water partition coefficient (Wildman–Crippen LogP) is 4.32. The van der Waals surface area contributed by atoms with Crippen LogP contribution in [-0.4, -0.2) is 30.4 Å². The zero-order valence-electron chi connectivity index (χ0n) is 16.7. The number of hydrogen-bond acceptors (Lipinski definition) is 3. The van der Waals surface area contributed by atoms with Gasteiger partial charge in [0.25, 0.3) is 0 Å². The molecular formula is C21H34O3Si. The van der Waals surface area contributed by atoms with Gasteiger partial charge < -0.3 is 9.53 Å². The lowest BCUT2D eigenvalue weighted by Crippen LogP contribution is -2.60. The standard InChI is InChI=1S/C21H34O3Si/c1-13-12-16-20(23,18(13)22)10-7-8-15-17-14(19(17,2)3)9-11-21(15,16)24-25(4,5)6/h12,14-17,23H,7-11H2,1-6H3/t14-,15+,16-,17-,20-,21-/m1/s1. The van der Waals surface area contributed by atoms with Crippen LogP contribution in [0.2, 0.25) is 19.6 Å². The van der Waals surface area contributed by atoms with Crippen molar-refractivity contribution in [2.24, 2.45) is 29.1 Å². The SMILES string of the molecule is CC1=C[C@H]2[C@@]3(O[Si](C)(C)C)CC[C@@H]4[C@H]([C@@H]3CCC[C@]2(O)C1=O)C4(C)C. The fraction of sp³-hybridized carbons (Fsp3) is 0.857. The van der Waals surface area contributed by atoms with Crippen LogP contribution in [0, 0.1) is 29.1 Å². The number of aliphatic hydroxyl groups is 1. The first-order valence-electron chi connectivity index (χ1n) is 10.1. The van der Waals surface area contributed by atoms with Crippen molar-refractivity contribution < 1.29 is 14.3 Å². The van der Waals surface area contributed by atoms with Crippen molar-refractivity contribution >= 4 is 14.1 Å². The molecule has 4 aliphatic rings. The zero-order valence-corrected chi connectivity index (χ0v) is 17.7. The highest BCUT2D eigenvalue weighted by Gasteiger charge is 2.72. The largest absolute Gasteiger partial charge is 0.411 e. The third kappa shape index (κ3) is 2.33. The van der Waals surface area contributed by atoms with Crippen molar-refractivity contribution in [1.82, 2.24) is 0 Å². The second kappa shape index (κ2) is 5.08. The highest BCUT2D eigenvalue weighted by atomic mass is 28.4. The molecule has 0 bridgehead atoms. The molecule has 0 saturated heterocycles. The molecule has 0 aromatic rings. The monoisotopic (exact) mass is 362 g/mol. The molecule has 0 aromatic heterocycles. The molecule has 140 valence electrons. The smallest absolute Gasteiger partial charge is 0.190 e. The Kier molecular flexibility index (Phi) is 3.64. The van der Waals surface area contributed by atoms with E-state index in [-0.39, 0.29) is 17.3 Å². The van der Waals surface area contributed by atoms with Gasteiger partial charge in [0, 0.05) is 5.92 Å². The second-order valence-corrected chi connectivity index (χ2v) is 15.2. The summed E-state index contributed by atoms with van der Waals surface area (Å²) in [6.07, 6.45) is 6.86. The number of ketones is 1. The van der Waals surface area contributed by atoms with E-state index in [0.717, 1.165) is 30.8 Å². The minimum absolute atomic E-state index is 0.0473. The molecule has 4 rings (SSSR count). The van der Waals surface area contributed by atoms with E-state index in [9.17, 15) is 9.90 Å². The van der Waals surface area contributed by atoms with E-state index in [1.165, 1.54) is 6.42 Å². The van der Waals surface area contributed by atoms with Gasteiger partial charge in [0.1, 0.15) is 5.60 Å². The van der Waals surface area contributed by atoms with Crippen LogP contribution in [-0.2, 0) is 9.22 Å². The summed E-state index contributed by atoms with van der Waals surface area (Å²) in [6, 6.07) is 0. The Morgan fingerprint density at radius 3 is 2.48 bits per heavy atom. The lowest BCUT2D eigenvalue weighted by molar-refractivity contribution is -0.153. The first-order chi connectivity index (χ1) is 11.4. The van der Waals surface area contributed by atoms with Crippen LogP contribution in [0.4, 0.5) is 0 Å². The molecule has 0 heterocycles. The van der Waals surface area contributed by atoms with Crippen molar-refractivity contribution in [3.05, 3.63) is 11.6 Å². The van der Waals surface area contributed by atoms with Gasteiger partial charge in [-0.25, -0.2) is 0 Å². The van der Waals surface area contributed by atoms with E-state index in [0.29, 0.717) is 23.7 Å². The Bertz CT molecular complexity index is 646. The van der Waals surface area contributed by atoms with Crippen molar-refractivity contribution in [2.45, 2.75) is 83.7 Å². The third-order valence-corrected chi connectivity index (χ3v) is 8.82. The minimum Gasteiger partial charge on any atom is -0.411 e. The fourth-order valence-corrected chi connectivity index (χ4v) is 8.45. The van der Waals surface area contributed by atoms with Crippen LogP contribution in [0.3, 0.4) is 0 Å². The molecule has 6 atom stereocenters. The van der Waals surface area contributed by atoms with Crippen molar-refractivity contribution in [3.63, 3.8) is 0 Å². The number of carbonyl (C=O) groups excluding carboxylic acids is 1. The van der Waals surface area contributed by atoms with E-state index in [4.69, 9.17) is 4.43 Å². The van der Waals surface area contributed by atoms with Gasteiger partial charge in [-0.05, 0) is 87.4 Å². The topological polar surface area (TPSA) is 46.5 Å². The first-order valence-corrected chi connectivity index (χ1v) is 13.5. The predicted molar refractivity (Wildman–Crippen MR) is 102 cm³/mol. The van der Waals surface area contributed by atoms with Crippen LogP contribution in [0.25, 0.3) is 0 Å². The van der Waals surface area contributed by atoms with Crippen LogP contribution in [0.5, 0.6) is 0 Å². The number of rotatable bonds is 2. The summed E-state index contributed by atoms with van der Waals surface area (Å²) < 4.78 is 7.00. The molecule has 3 saturated carbocycles. The van der Waals surface area contributed by atoms with Gasteiger partial charge in [0.05, 0.1) is 5.60 Å².